The first kappa shape index (κ1) is 11.2. The lowest BCUT2D eigenvalue weighted by Crippen LogP contribution is -2.06. The van der Waals surface area contributed by atoms with Crippen molar-refractivity contribution in [2.24, 2.45) is 0 Å². The summed E-state index contributed by atoms with van der Waals surface area (Å²) in [6.45, 7) is 7.24. The van der Waals surface area contributed by atoms with Crippen LogP contribution in [0.15, 0.2) is 6.20 Å². The first-order valence-corrected chi connectivity index (χ1v) is 5.03. The minimum Gasteiger partial charge on any atom is -0.380 e. The summed E-state index contributed by atoms with van der Waals surface area (Å²) in [5.41, 5.74) is 2.35. The van der Waals surface area contributed by atoms with Crippen molar-refractivity contribution < 1.29 is 4.74 Å². The van der Waals surface area contributed by atoms with Gasteiger partial charge in [-0.15, -0.1) is 0 Å². The number of nitrogens with one attached hydrogen (secondary N) is 1. The van der Waals surface area contributed by atoms with Crippen molar-refractivity contribution in [1.82, 2.24) is 15.1 Å². The van der Waals surface area contributed by atoms with Gasteiger partial charge in [0.25, 0.3) is 0 Å². The predicted molar refractivity (Wildman–Crippen MR) is 56.2 cm³/mol. The van der Waals surface area contributed by atoms with E-state index in [-0.39, 0.29) is 0 Å². The fraction of sp³-hybridized carbons (Fsp3) is 0.700. The third kappa shape index (κ3) is 3.12. The van der Waals surface area contributed by atoms with Crippen LogP contribution in [0.2, 0.25) is 0 Å². The van der Waals surface area contributed by atoms with E-state index in [0.29, 0.717) is 0 Å². The van der Waals surface area contributed by atoms with Crippen molar-refractivity contribution in [3.8, 4) is 0 Å². The highest BCUT2D eigenvalue weighted by molar-refractivity contribution is 5.14. The number of aromatic nitrogens is 2. The van der Waals surface area contributed by atoms with Crippen LogP contribution in [-0.4, -0.2) is 30.0 Å². The molecule has 0 saturated carbocycles. The van der Waals surface area contributed by atoms with Gasteiger partial charge >= 0.3 is 0 Å². The molecule has 1 rings (SSSR count). The molecule has 0 aliphatic rings. The first-order valence-electron chi connectivity index (χ1n) is 5.03. The molecule has 0 bridgehead atoms. The predicted octanol–water partition coefficient (Wildman–Crippen LogP) is 0.947. The van der Waals surface area contributed by atoms with E-state index in [1.807, 2.05) is 25.6 Å². The molecule has 0 spiro atoms. The zero-order valence-corrected chi connectivity index (χ0v) is 9.21. The molecular weight excluding hydrogens is 178 g/mol. The van der Waals surface area contributed by atoms with Crippen molar-refractivity contribution >= 4 is 0 Å². The highest BCUT2D eigenvalue weighted by Gasteiger charge is 2.02. The summed E-state index contributed by atoms with van der Waals surface area (Å²) in [5, 5.41) is 7.52. The molecule has 0 aliphatic heterocycles. The maximum atomic E-state index is 5.27. The maximum Gasteiger partial charge on any atom is 0.0662 e. The van der Waals surface area contributed by atoms with Gasteiger partial charge in [-0.25, -0.2) is 0 Å². The zero-order valence-electron chi connectivity index (χ0n) is 9.21. The van der Waals surface area contributed by atoms with Crippen LogP contribution in [0.1, 0.15) is 18.2 Å². The lowest BCUT2D eigenvalue weighted by atomic mass is 10.3. The Hall–Kier alpha value is -0.870. The quantitative estimate of drug-likeness (QED) is 0.690. The average molecular weight is 197 g/mol. The summed E-state index contributed by atoms with van der Waals surface area (Å²) in [7, 11) is 1.94. The average Bonchev–Trinajstić information content (AvgIpc) is 2.49. The molecule has 4 heteroatoms. The summed E-state index contributed by atoms with van der Waals surface area (Å²) in [6, 6.07) is 0. The third-order valence-electron chi connectivity index (χ3n) is 2.08. The Labute approximate surface area is 85.3 Å². The second kappa shape index (κ2) is 5.78. The molecule has 0 unspecified atom stereocenters. The molecule has 4 nitrogen and oxygen atoms in total. The molecule has 1 heterocycles. The number of nitrogens with zero attached hydrogens (tertiary/aromatic N) is 2. The molecule has 0 fully saturated rings. The Balaban J connectivity index is 2.48. The van der Waals surface area contributed by atoms with Crippen molar-refractivity contribution in [2.75, 3.05) is 20.3 Å². The minimum atomic E-state index is 0.733. The third-order valence-corrected chi connectivity index (χ3v) is 2.08. The van der Waals surface area contributed by atoms with Crippen LogP contribution in [0.25, 0.3) is 0 Å². The van der Waals surface area contributed by atoms with Crippen LogP contribution in [0.4, 0.5) is 0 Å². The van der Waals surface area contributed by atoms with E-state index < -0.39 is 0 Å². The van der Waals surface area contributed by atoms with Gasteiger partial charge in [0.15, 0.2) is 0 Å². The lowest BCUT2D eigenvalue weighted by molar-refractivity contribution is 0.136. The zero-order chi connectivity index (χ0) is 10.4. The van der Waals surface area contributed by atoms with Gasteiger partial charge in [-0.2, -0.15) is 5.10 Å². The fourth-order valence-electron chi connectivity index (χ4n) is 1.34. The van der Waals surface area contributed by atoms with E-state index in [1.54, 1.807) is 0 Å². The summed E-state index contributed by atoms with van der Waals surface area (Å²) in [6.07, 6.45) is 2.07. The van der Waals surface area contributed by atoms with Crippen LogP contribution in [0.3, 0.4) is 0 Å². The van der Waals surface area contributed by atoms with Gasteiger partial charge in [0.2, 0.25) is 0 Å². The molecule has 14 heavy (non-hydrogen) atoms. The van der Waals surface area contributed by atoms with Crippen LogP contribution < -0.4 is 5.32 Å². The fourth-order valence-corrected chi connectivity index (χ4v) is 1.34. The molecular formula is C10H19N3O. The summed E-state index contributed by atoms with van der Waals surface area (Å²) >= 11 is 0. The van der Waals surface area contributed by atoms with Gasteiger partial charge in [-0.1, -0.05) is 0 Å². The second-order valence-corrected chi connectivity index (χ2v) is 3.23. The Morgan fingerprint density at radius 1 is 1.57 bits per heavy atom. The molecule has 0 aromatic carbocycles. The monoisotopic (exact) mass is 197 g/mol. The highest BCUT2D eigenvalue weighted by atomic mass is 16.5. The number of aryl methyl sites for hydroxylation is 1. The summed E-state index contributed by atoms with van der Waals surface area (Å²) in [5.74, 6) is 0. The molecule has 0 atom stereocenters. The molecule has 1 aromatic heterocycles. The van der Waals surface area contributed by atoms with Gasteiger partial charge in [0.1, 0.15) is 0 Å². The van der Waals surface area contributed by atoms with Crippen LogP contribution in [0.5, 0.6) is 0 Å². The second-order valence-electron chi connectivity index (χ2n) is 3.23. The van der Waals surface area contributed by atoms with E-state index in [2.05, 4.69) is 16.6 Å². The van der Waals surface area contributed by atoms with E-state index in [0.717, 1.165) is 32.0 Å². The van der Waals surface area contributed by atoms with E-state index >= 15 is 0 Å². The minimum absolute atomic E-state index is 0.733. The van der Waals surface area contributed by atoms with Gasteiger partial charge in [0.05, 0.1) is 18.8 Å². The maximum absolute atomic E-state index is 5.27. The Bertz CT molecular complexity index is 270. The van der Waals surface area contributed by atoms with E-state index in [4.69, 9.17) is 4.74 Å². The Morgan fingerprint density at radius 2 is 2.36 bits per heavy atom. The molecule has 0 amide bonds. The summed E-state index contributed by atoms with van der Waals surface area (Å²) in [4.78, 5) is 0. The number of hydrogen-bond donors (Lipinski definition) is 1. The van der Waals surface area contributed by atoms with Crippen molar-refractivity contribution in [3.63, 3.8) is 0 Å². The SMILES string of the molecule is CCOCCn1cc(CNC)c(C)n1. The topological polar surface area (TPSA) is 39.1 Å². The van der Waals surface area contributed by atoms with E-state index in [9.17, 15) is 0 Å². The highest BCUT2D eigenvalue weighted by Crippen LogP contribution is 2.04. The van der Waals surface area contributed by atoms with Crippen molar-refractivity contribution in [2.45, 2.75) is 26.9 Å². The molecule has 0 radical (unpaired) electrons. The molecule has 0 saturated heterocycles. The Morgan fingerprint density at radius 3 is 3.00 bits per heavy atom. The van der Waals surface area contributed by atoms with Gasteiger partial charge in [0, 0.05) is 24.9 Å². The van der Waals surface area contributed by atoms with Gasteiger partial charge in [-0.05, 0) is 20.9 Å². The van der Waals surface area contributed by atoms with Crippen LogP contribution in [0, 0.1) is 6.92 Å². The molecule has 1 aromatic rings. The number of rotatable bonds is 6. The normalized spacial score (nSPS) is 10.8. The summed E-state index contributed by atoms with van der Waals surface area (Å²) < 4.78 is 7.21. The van der Waals surface area contributed by atoms with E-state index in [1.165, 1.54) is 5.56 Å². The van der Waals surface area contributed by atoms with Crippen molar-refractivity contribution in [1.29, 1.82) is 0 Å². The van der Waals surface area contributed by atoms with Crippen LogP contribution >= 0.6 is 0 Å². The standard InChI is InChI=1S/C10H19N3O/c1-4-14-6-5-13-8-10(7-11-3)9(2)12-13/h8,11H,4-7H2,1-3H3. The molecule has 1 N–H and O–H groups in total. The number of hydrogen-bond acceptors (Lipinski definition) is 3. The lowest BCUT2D eigenvalue weighted by Gasteiger charge is -2.00. The first-order chi connectivity index (χ1) is 6.77. The van der Waals surface area contributed by atoms with Crippen molar-refractivity contribution in [3.05, 3.63) is 17.5 Å². The largest absolute Gasteiger partial charge is 0.380 e. The molecule has 80 valence electrons. The number of ether oxygens (including phenoxy) is 1. The smallest absolute Gasteiger partial charge is 0.0662 e. The van der Waals surface area contributed by atoms with Gasteiger partial charge in [-0.3, -0.25) is 4.68 Å². The Kier molecular flexibility index (Phi) is 4.62. The molecule has 0 aliphatic carbocycles. The van der Waals surface area contributed by atoms with Gasteiger partial charge < -0.3 is 10.1 Å². The van der Waals surface area contributed by atoms with Crippen LogP contribution in [-0.2, 0) is 17.8 Å².